The van der Waals surface area contributed by atoms with Crippen LogP contribution in [0.4, 0.5) is 5.69 Å². The molecule has 7 nitrogen and oxygen atoms in total. The number of rotatable bonds is 6. The van der Waals surface area contributed by atoms with E-state index in [2.05, 4.69) is 15.9 Å². The van der Waals surface area contributed by atoms with Crippen molar-refractivity contribution in [3.63, 3.8) is 0 Å². The minimum atomic E-state index is -0.994. The van der Waals surface area contributed by atoms with E-state index >= 15 is 0 Å². The van der Waals surface area contributed by atoms with E-state index in [1.165, 1.54) is 19.1 Å². The highest BCUT2D eigenvalue weighted by Crippen LogP contribution is 2.38. The molecular weight excluding hydrogens is 332 g/mol. The molecule has 0 aromatic heterocycles. The number of nitrogens with two attached hydrogens (primary N) is 1. The molecule has 1 amide bonds. The van der Waals surface area contributed by atoms with Gasteiger partial charge in [0, 0.05) is 16.1 Å². The molecule has 0 heterocycles. The van der Waals surface area contributed by atoms with E-state index in [9.17, 15) is 20.0 Å². The summed E-state index contributed by atoms with van der Waals surface area (Å²) in [6.45, 7) is 3.12. The molecule has 0 saturated heterocycles. The number of hydrogen-bond acceptors (Lipinski definition) is 5. The molecule has 1 rings (SSSR count). The van der Waals surface area contributed by atoms with Crippen LogP contribution in [0.2, 0.25) is 0 Å². The van der Waals surface area contributed by atoms with Gasteiger partial charge in [-0.3, -0.25) is 14.9 Å². The van der Waals surface area contributed by atoms with Gasteiger partial charge in [-0.05, 0) is 19.4 Å². The van der Waals surface area contributed by atoms with Gasteiger partial charge in [-0.25, -0.2) is 0 Å². The SMILES string of the molecule is CCC(Oc1c(C(C)O)cc(Br)cc1[N+](=O)[O-])C(N)=O. The summed E-state index contributed by atoms with van der Waals surface area (Å²) in [5, 5.41) is 20.8. The quantitative estimate of drug-likeness (QED) is 0.604. The first-order chi connectivity index (χ1) is 9.27. The minimum absolute atomic E-state index is 0.140. The van der Waals surface area contributed by atoms with E-state index in [-0.39, 0.29) is 23.4 Å². The Hall–Kier alpha value is -1.67. The second-order valence-corrected chi connectivity index (χ2v) is 5.11. The van der Waals surface area contributed by atoms with Gasteiger partial charge in [-0.2, -0.15) is 0 Å². The standard InChI is InChI=1S/C12H15BrN2O5/c1-3-10(12(14)17)20-11-8(6(2)16)4-7(13)5-9(11)15(18)19/h4-6,10,16H,3H2,1-2H3,(H2,14,17). The molecule has 0 spiro atoms. The predicted molar refractivity (Wildman–Crippen MR) is 75.3 cm³/mol. The van der Waals surface area contributed by atoms with Gasteiger partial charge in [0.15, 0.2) is 6.10 Å². The number of primary amides is 1. The third kappa shape index (κ3) is 3.67. The summed E-state index contributed by atoms with van der Waals surface area (Å²) >= 11 is 3.13. The maximum Gasteiger partial charge on any atom is 0.312 e. The molecule has 110 valence electrons. The first-order valence-corrected chi connectivity index (χ1v) is 6.69. The molecule has 2 atom stereocenters. The summed E-state index contributed by atoms with van der Waals surface area (Å²) in [5.74, 6) is -0.861. The average molecular weight is 347 g/mol. The van der Waals surface area contributed by atoms with Gasteiger partial charge >= 0.3 is 5.69 Å². The van der Waals surface area contributed by atoms with E-state index in [1.54, 1.807) is 6.92 Å². The van der Waals surface area contributed by atoms with Crippen LogP contribution in [0, 0.1) is 10.1 Å². The molecule has 0 fully saturated rings. The van der Waals surface area contributed by atoms with Crippen LogP contribution in [-0.2, 0) is 4.79 Å². The number of carbonyl (C=O) groups is 1. The molecule has 3 N–H and O–H groups in total. The molecule has 20 heavy (non-hydrogen) atoms. The van der Waals surface area contributed by atoms with E-state index in [4.69, 9.17) is 10.5 Å². The summed E-state index contributed by atoms with van der Waals surface area (Å²) in [4.78, 5) is 21.7. The first kappa shape index (κ1) is 16.4. The maximum atomic E-state index is 11.2. The zero-order valence-corrected chi connectivity index (χ0v) is 12.6. The molecule has 1 aromatic rings. The van der Waals surface area contributed by atoms with Crippen molar-refractivity contribution in [2.75, 3.05) is 0 Å². The third-order valence-corrected chi connectivity index (χ3v) is 3.12. The molecule has 0 saturated carbocycles. The second-order valence-electron chi connectivity index (χ2n) is 4.19. The first-order valence-electron chi connectivity index (χ1n) is 5.89. The van der Waals surface area contributed by atoms with Crippen LogP contribution >= 0.6 is 15.9 Å². The summed E-state index contributed by atoms with van der Waals surface area (Å²) in [6, 6.07) is 2.75. The maximum absolute atomic E-state index is 11.2. The number of nitrogens with zero attached hydrogens (tertiary/aromatic N) is 1. The molecule has 0 aliphatic rings. The summed E-state index contributed by atoms with van der Waals surface area (Å²) in [6.07, 6.45) is -1.72. The number of carbonyl (C=O) groups excluding carboxylic acids is 1. The van der Waals surface area contributed by atoms with Gasteiger partial charge in [0.25, 0.3) is 5.91 Å². The predicted octanol–water partition coefficient (Wildman–Crippen LogP) is 2.05. The smallest absolute Gasteiger partial charge is 0.312 e. The molecule has 0 aliphatic heterocycles. The van der Waals surface area contributed by atoms with Crippen molar-refractivity contribution in [3.05, 3.63) is 32.3 Å². The van der Waals surface area contributed by atoms with Crippen molar-refractivity contribution in [2.24, 2.45) is 5.73 Å². The normalized spacial score (nSPS) is 13.6. The third-order valence-electron chi connectivity index (χ3n) is 2.66. The number of halogens is 1. The lowest BCUT2D eigenvalue weighted by molar-refractivity contribution is -0.386. The molecule has 0 bridgehead atoms. The Bertz CT molecular complexity index is 533. The van der Waals surface area contributed by atoms with Crippen molar-refractivity contribution >= 4 is 27.5 Å². The average Bonchev–Trinajstić information content (AvgIpc) is 2.35. The lowest BCUT2D eigenvalue weighted by atomic mass is 10.1. The molecule has 1 aromatic carbocycles. The van der Waals surface area contributed by atoms with Crippen LogP contribution in [0.15, 0.2) is 16.6 Å². The van der Waals surface area contributed by atoms with Crippen LogP contribution in [0.25, 0.3) is 0 Å². The Kier molecular flexibility index (Phi) is 5.46. The van der Waals surface area contributed by atoms with Gasteiger partial charge in [0.2, 0.25) is 5.75 Å². The Morgan fingerprint density at radius 3 is 2.60 bits per heavy atom. The monoisotopic (exact) mass is 346 g/mol. The Labute approximate surface area is 124 Å². The Morgan fingerprint density at radius 2 is 2.20 bits per heavy atom. The Morgan fingerprint density at radius 1 is 1.60 bits per heavy atom. The lowest BCUT2D eigenvalue weighted by Crippen LogP contribution is -2.33. The van der Waals surface area contributed by atoms with Crippen molar-refractivity contribution in [2.45, 2.75) is 32.5 Å². The fourth-order valence-electron chi connectivity index (χ4n) is 1.66. The number of hydrogen-bond donors (Lipinski definition) is 2. The largest absolute Gasteiger partial charge is 0.473 e. The molecule has 8 heteroatoms. The van der Waals surface area contributed by atoms with Crippen LogP contribution in [0.5, 0.6) is 5.75 Å². The number of aliphatic hydroxyl groups excluding tert-OH is 1. The van der Waals surface area contributed by atoms with E-state index in [1.807, 2.05) is 0 Å². The highest BCUT2D eigenvalue weighted by Gasteiger charge is 2.27. The fourth-order valence-corrected chi connectivity index (χ4v) is 2.12. The molecule has 0 aliphatic carbocycles. The van der Waals surface area contributed by atoms with E-state index < -0.39 is 23.0 Å². The zero-order chi connectivity index (χ0) is 15.4. The number of ether oxygens (including phenoxy) is 1. The van der Waals surface area contributed by atoms with Crippen LogP contribution in [-0.4, -0.2) is 22.0 Å². The van der Waals surface area contributed by atoms with Crippen molar-refractivity contribution in [3.8, 4) is 5.75 Å². The van der Waals surface area contributed by atoms with E-state index in [0.29, 0.717) is 4.47 Å². The number of amides is 1. The summed E-state index contributed by atoms with van der Waals surface area (Å²) < 4.78 is 5.80. The van der Waals surface area contributed by atoms with Gasteiger partial charge < -0.3 is 15.6 Å². The number of aliphatic hydroxyl groups is 1. The van der Waals surface area contributed by atoms with Gasteiger partial charge in [0.1, 0.15) is 0 Å². The highest BCUT2D eigenvalue weighted by molar-refractivity contribution is 9.10. The van der Waals surface area contributed by atoms with Gasteiger partial charge in [-0.1, -0.05) is 22.9 Å². The topological polar surface area (TPSA) is 116 Å². The Balaban J connectivity index is 3.40. The summed E-state index contributed by atoms with van der Waals surface area (Å²) in [7, 11) is 0. The van der Waals surface area contributed by atoms with Crippen LogP contribution in [0.1, 0.15) is 31.9 Å². The number of nitro groups is 1. The van der Waals surface area contributed by atoms with Crippen molar-refractivity contribution < 1.29 is 19.6 Å². The fraction of sp³-hybridized carbons (Fsp3) is 0.417. The van der Waals surface area contributed by atoms with Gasteiger partial charge in [0.05, 0.1) is 11.0 Å². The van der Waals surface area contributed by atoms with Crippen molar-refractivity contribution in [1.29, 1.82) is 0 Å². The van der Waals surface area contributed by atoms with Gasteiger partial charge in [-0.15, -0.1) is 0 Å². The zero-order valence-electron chi connectivity index (χ0n) is 11.0. The second kappa shape index (κ2) is 6.67. The number of benzene rings is 1. The lowest BCUT2D eigenvalue weighted by Gasteiger charge is -2.18. The molecule has 0 radical (unpaired) electrons. The molecular formula is C12H15BrN2O5. The molecule has 2 unspecified atom stereocenters. The number of nitro benzene ring substituents is 1. The van der Waals surface area contributed by atoms with Crippen molar-refractivity contribution in [1.82, 2.24) is 0 Å². The van der Waals surface area contributed by atoms with E-state index in [0.717, 1.165) is 0 Å². The van der Waals surface area contributed by atoms with Crippen LogP contribution in [0.3, 0.4) is 0 Å². The van der Waals surface area contributed by atoms with Crippen LogP contribution < -0.4 is 10.5 Å². The summed E-state index contributed by atoms with van der Waals surface area (Å²) in [5.41, 5.74) is 5.05. The minimum Gasteiger partial charge on any atom is -0.473 e. The highest BCUT2D eigenvalue weighted by atomic mass is 79.9.